The Morgan fingerprint density at radius 2 is 2.09 bits per heavy atom. The van der Waals surface area contributed by atoms with Crippen molar-refractivity contribution < 1.29 is 9.32 Å². The summed E-state index contributed by atoms with van der Waals surface area (Å²) in [5, 5.41) is 5.26. The number of carbonyl (C=O) groups is 1. The molecule has 3 aromatic rings. The highest BCUT2D eigenvalue weighted by Gasteiger charge is 2.28. The number of piperidine rings is 1. The highest BCUT2D eigenvalue weighted by atomic mass is 35.5. The first-order valence-electron chi connectivity index (χ1n) is 7.56. The predicted molar refractivity (Wildman–Crippen MR) is 85.5 cm³/mol. The third kappa shape index (κ3) is 2.49. The molecule has 1 amide bonds. The minimum Gasteiger partial charge on any atom is -0.349 e. The smallest absolute Gasteiger partial charge is 0.271 e. The molecule has 6 nitrogen and oxygen atoms in total. The lowest BCUT2D eigenvalue weighted by atomic mass is 9.96. The quantitative estimate of drug-likeness (QED) is 0.782. The summed E-state index contributed by atoms with van der Waals surface area (Å²) >= 11 is 6.37. The van der Waals surface area contributed by atoms with Crippen LogP contribution in [0.3, 0.4) is 0 Å². The van der Waals surface area contributed by atoms with Crippen molar-refractivity contribution >= 4 is 28.4 Å². The van der Waals surface area contributed by atoms with Gasteiger partial charge in [0.15, 0.2) is 5.82 Å². The van der Waals surface area contributed by atoms with Crippen LogP contribution >= 0.6 is 11.6 Å². The van der Waals surface area contributed by atoms with Crippen LogP contribution in [0.15, 0.2) is 35.2 Å². The maximum absolute atomic E-state index is 12.7. The summed E-state index contributed by atoms with van der Waals surface area (Å²) in [5.41, 5.74) is 1.34. The van der Waals surface area contributed by atoms with Crippen LogP contribution in [-0.4, -0.2) is 39.0 Å². The van der Waals surface area contributed by atoms with Gasteiger partial charge in [0.2, 0.25) is 6.39 Å². The second-order valence-electron chi connectivity index (χ2n) is 5.72. The molecule has 0 unspecified atom stereocenters. The van der Waals surface area contributed by atoms with Crippen LogP contribution in [0, 0.1) is 0 Å². The summed E-state index contributed by atoms with van der Waals surface area (Å²) in [4.78, 5) is 21.8. The molecular weight excluding hydrogens is 316 g/mol. The Hall–Kier alpha value is -2.34. The van der Waals surface area contributed by atoms with Crippen molar-refractivity contribution in [2.75, 3.05) is 13.1 Å². The van der Waals surface area contributed by atoms with Gasteiger partial charge in [-0.25, -0.2) is 0 Å². The fourth-order valence-corrected chi connectivity index (χ4v) is 3.41. The van der Waals surface area contributed by atoms with Crippen LogP contribution in [0.5, 0.6) is 0 Å². The number of amides is 1. The highest BCUT2D eigenvalue weighted by molar-refractivity contribution is 6.38. The Bertz CT molecular complexity index is 835. The maximum Gasteiger partial charge on any atom is 0.271 e. The number of benzene rings is 1. The number of para-hydroxylation sites is 1. The molecule has 0 aliphatic carbocycles. The first-order valence-corrected chi connectivity index (χ1v) is 7.93. The maximum atomic E-state index is 12.7. The molecule has 0 atom stereocenters. The zero-order valence-electron chi connectivity index (χ0n) is 12.3. The Morgan fingerprint density at radius 1 is 1.30 bits per heavy atom. The van der Waals surface area contributed by atoms with Crippen molar-refractivity contribution in [2.24, 2.45) is 0 Å². The van der Waals surface area contributed by atoms with Crippen LogP contribution in [0.25, 0.3) is 10.9 Å². The third-order valence-corrected chi connectivity index (χ3v) is 4.77. The number of carbonyl (C=O) groups excluding carboxylic acids is 1. The lowest BCUT2D eigenvalue weighted by Gasteiger charge is -2.30. The number of halogens is 1. The van der Waals surface area contributed by atoms with Gasteiger partial charge in [-0.05, 0) is 18.9 Å². The molecule has 23 heavy (non-hydrogen) atoms. The lowest BCUT2D eigenvalue weighted by Crippen LogP contribution is -2.38. The molecular formula is C16H15ClN4O2. The van der Waals surface area contributed by atoms with E-state index >= 15 is 0 Å². The molecule has 1 aromatic carbocycles. The molecule has 118 valence electrons. The summed E-state index contributed by atoms with van der Waals surface area (Å²) in [5.74, 6) is 0.912. The van der Waals surface area contributed by atoms with Crippen molar-refractivity contribution in [2.45, 2.75) is 18.8 Å². The number of nitrogens with zero attached hydrogens (tertiary/aromatic N) is 3. The minimum absolute atomic E-state index is 0.0576. The first-order chi connectivity index (χ1) is 11.2. The van der Waals surface area contributed by atoms with Gasteiger partial charge >= 0.3 is 0 Å². The molecule has 2 aromatic heterocycles. The Labute approximate surface area is 137 Å². The van der Waals surface area contributed by atoms with E-state index in [4.69, 9.17) is 16.1 Å². The standard InChI is InChI=1S/C16H15ClN4O2/c17-13-11-3-1-2-4-12(11)19-14(13)16(22)21-7-5-10(6-8-21)15-18-9-23-20-15/h1-4,9-10,19H,5-8H2. The fourth-order valence-electron chi connectivity index (χ4n) is 3.11. The largest absolute Gasteiger partial charge is 0.349 e. The molecule has 1 saturated heterocycles. The minimum atomic E-state index is -0.0576. The van der Waals surface area contributed by atoms with Gasteiger partial charge in [-0.2, -0.15) is 4.98 Å². The van der Waals surface area contributed by atoms with Gasteiger partial charge in [0, 0.05) is 29.9 Å². The molecule has 0 spiro atoms. The molecule has 1 fully saturated rings. The van der Waals surface area contributed by atoms with Gasteiger partial charge < -0.3 is 14.4 Å². The number of fused-ring (bicyclic) bond motifs is 1. The van der Waals surface area contributed by atoms with E-state index in [-0.39, 0.29) is 11.8 Å². The number of H-pyrrole nitrogens is 1. The van der Waals surface area contributed by atoms with Crippen molar-refractivity contribution in [3.05, 3.63) is 47.2 Å². The SMILES string of the molecule is O=C(c1[nH]c2ccccc2c1Cl)N1CCC(c2ncon2)CC1. The molecule has 0 bridgehead atoms. The summed E-state index contributed by atoms with van der Waals surface area (Å²) in [6.07, 6.45) is 2.99. The van der Waals surface area contributed by atoms with Gasteiger partial charge in [0.1, 0.15) is 5.69 Å². The zero-order chi connectivity index (χ0) is 15.8. The number of nitrogens with one attached hydrogen (secondary N) is 1. The third-order valence-electron chi connectivity index (χ3n) is 4.38. The fraction of sp³-hybridized carbons (Fsp3) is 0.312. The van der Waals surface area contributed by atoms with E-state index in [2.05, 4.69) is 15.1 Å². The molecule has 1 aliphatic rings. The van der Waals surface area contributed by atoms with Gasteiger partial charge in [0.05, 0.1) is 5.02 Å². The normalized spacial score (nSPS) is 16.1. The van der Waals surface area contributed by atoms with E-state index in [9.17, 15) is 4.79 Å². The number of aromatic amines is 1. The second kappa shape index (κ2) is 5.70. The lowest BCUT2D eigenvalue weighted by molar-refractivity contribution is 0.0706. The Balaban J connectivity index is 1.52. The number of likely N-dealkylation sites (tertiary alicyclic amines) is 1. The van der Waals surface area contributed by atoms with Crippen molar-refractivity contribution in [3.63, 3.8) is 0 Å². The van der Waals surface area contributed by atoms with E-state index in [1.54, 1.807) is 0 Å². The van der Waals surface area contributed by atoms with Gasteiger partial charge in [0.25, 0.3) is 5.91 Å². The monoisotopic (exact) mass is 330 g/mol. The van der Waals surface area contributed by atoms with Crippen LogP contribution in [-0.2, 0) is 0 Å². The summed E-state index contributed by atoms with van der Waals surface area (Å²) in [6.45, 7) is 1.31. The van der Waals surface area contributed by atoms with Crippen molar-refractivity contribution in [1.29, 1.82) is 0 Å². The molecule has 3 heterocycles. The van der Waals surface area contributed by atoms with Crippen LogP contribution in [0.4, 0.5) is 0 Å². The molecule has 0 radical (unpaired) electrons. The van der Waals surface area contributed by atoms with E-state index < -0.39 is 0 Å². The zero-order valence-corrected chi connectivity index (χ0v) is 13.1. The molecule has 4 rings (SSSR count). The predicted octanol–water partition coefficient (Wildman–Crippen LogP) is 3.22. The summed E-state index contributed by atoms with van der Waals surface area (Å²) < 4.78 is 4.80. The second-order valence-corrected chi connectivity index (χ2v) is 6.09. The van der Waals surface area contributed by atoms with E-state index in [1.807, 2.05) is 29.2 Å². The summed E-state index contributed by atoms with van der Waals surface area (Å²) in [7, 11) is 0. The van der Waals surface area contributed by atoms with E-state index in [0.29, 0.717) is 23.8 Å². The van der Waals surface area contributed by atoms with Crippen molar-refractivity contribution in [1.82, 2.24) is 20.0 Å². The molecule has 7 heteroatoms. The average Bonchev–Trinajstić information content (AvgIpc) is 3.23. The summed E-state index contributed by atoms with van der Waals surface area (Å²) in [6, 6.07) is 7.65. The Kier molecular flexibility index (Phi) is 3.53. The first kappa shape index (κ1) is 14.3. The van der Waals surface area contributed by atoms with Crippen LogP contribution in [0.1, 0.15) is 35.1 Å². The van der Waals surface area contributed by atoms with Gasteiger partial charge in [-0.15, -0.1) is 0 Å². The number of aromatic nitrogens is 3. The van der Waals surface area contributed by atoms with Crippen LogP contribution < -0.4 is 0 Å². The van der Waals surface area contributed by atoms with Gasteiger partial charge in [-0.3, -0.25) is 4.79 Å². The average molecular weight is 331 g/mol. The van der Waals surface area contributed by atoms with Gasteiger partial charge in [-0.1, -0.05) is 35.0 Å². The molecule has 0 saturated carbocycles. The topological polar surface area (TPSA) is 75.0 Å². The Morgan fingerprint density at radius 3 is 2.78 bits per heavy atom. The number of hydrogen-bond acceptors (Lipinski definition) is 4. The number of hydrogen-bond donors (Lipinski definition) is 1. The van der Waals surface area contributed by atoms with Crippen molar-refractivity contribution in [3.8, 4) is 0 Å². The van der Waals surface area contributed by atoms with E-state index in [0.717, 1.165) is 29.6 Å². The highest BCUT2D eigenvalue weighted by Crippen LogP contribution is 2.30. The van der Waals surface area contributed by atoms with E-state index in [1.165, 1.54) is 6.39 Å². The van der Waals surface area contributed by atoms with Crippen LogP contribution in [0.2, 0.25) is 5.02 Å². The number of rotatable bonds is 2. The molecule has 1 aliphatic heterocycles. The molecule has 1 N–H and O–H groups in total.